The van der Waals surface area contributed by atoms with Crippen LogP contribution in [0.1, 0.15) is 39.3 Å². The third kappa shape index (κ3) is 4.84. The molecular weight excluding hydrogens is 236 g/mol. The van der Waals surface area contributed by atoms with Crippen LogP contribution in [0.3, 0.4) is 0 Å². The van der Waals surface area contributed by atoms with E-state index in [2.05, 4.69) is 51.8 Å². The molecule has 0 spiro atoms. The molecule has 3 heteroatoms. The summed E-state index contributed by atoms with van der Waals surface area (Å²) in [4.78, 5) is 2.34. The number of methoxy groups -OCH3 is 1. The summed E-state index contributed by atoms with van der Waals surface area (Å²) < 4.78 is 5.21. The van der Waals surface area contributed by atoms with Gasteiger partial charge in [0.1, 0.15) is 5.75 Å². The third-order valence-corrected chi connectivity index (χ3v) is 3.15. The number of benzene rings is 1. The van der Waals surface area contributed by atoms with Crippen molar-refractivity contribution in [1.29, 1.82) is 0 Å². The second kappa shape index (κ2) is 6.40. The minimum atomic E-state index is 0.0840. The first-order valence-corrected chi connectivity index (χ1v) is 6.84. The molecule has 1 aromatic carbocycles. The zero-order valence-electron chi connectivity index (χ0n) is 13.1. The Morgan fingerprint density at radius 1 is 1.21 bits per heavy atom. The molecule has 0 aliphatic carbocycles. The van der Waals surface area contributed by atoms with Crippen molar-refractivity contribution < 1.29 is 4.74 Å². The Kier molecular flexibility index (Phi) is 5.39. The maximum absolute atomic E-state index is 6.19. The zero-order chi connectivity index (χ0) is 14.6. The van der Waals surface area contributed by atoms with Gasteiger partial charge in [0.25, 0.3) is 0 Å². The smallest absolute Gasteiger partial charge is 0.118 e. The Hall–Kier alpha value is -1.06. The maximum atomic E-state index is 6.19. The van der Waals surface area contributed by atoms with Crippen LogP contribution in [-0.2, 0) is 0 Å². The summed E-state index contributed by atoms with van der Waals surface area (Å²) >= 11 is 0. The van der Waals surface area contributed by atoms with Gasteiger partial charge in [-0.1, -0.05) is 32.9 Å². The summed E-state index contributed by atoms with van der Waals surface area (Å²) in [5, 5.41) is 0. The van der Waals surface area contributed by atoms with Crippen molar-refractivity contribution in [2.24, 2.45) is 11.1 Å². The van der Waals surface area contributed by atoms with Crippen molar-refractivity contribution in [1.82, 2.24) is 4.90 Å². The van der Waals surface area contributed by atoms with Crippen LogP contribution in [0.2, 0.25) is 0 Å². The monoisotopic (exact) mass is 264 g/mol. The Balaban J connectivity index is 2.93. The lowest BCUT2D eigenvalue weighted by atomic mass is 9.93. The molecule has 0 bridgehead atoms. The Bertz CT molecular complexity index is 379. The first-order chi connectivity index (χ1) is 8.74. The SMILES string of the molecule is COc1ccc(C(C(C)N)N(C)CC(C)(C)C)cc1. The predicted octanol–water partition coefficient (Wildman–Crippen LogP) is 3.06. The molecular formula is C16H28N2O. The summed E-state index contributed by atoms with van der Waals surface area (Å²) in [6, 6.07) is 8.51. The second-order valence-corrected chi connectivity index (χ2v) is 6.55. The zero-order valence-corrected chi connectivity index (χ0v) is 13.1. The predicted molar refractivity (Wildman–Crippen MR) is 81.5 cm³/mol. The molecule has 1 aromatic rings. The topological polar surface area (TPSA) is 38.5 Å². The highest BCUT2D eigenvalue weighted by atomic mass is 16.5. The molecule has 0 saturated carbocycles. The number of nitrogens with two attached hydrogens (primary N) is 1. The van der Waals surface area contributed by atoms with Crippen LogP contribution in [0.5, 0.6) is 5.75 Å². The van der Waals surface area contributed by atoms with Gasteiger partial charge >= 0.3 is 0 Å². The van der Waals surface area contributed by atoms with Crippen LogP contribution >= 0.6 is 0 Å². The van der Waals surface area contributed by atoms with Crippen LogP contribution in [-0.4, -0.2) is 31.6 Å². The minimum Gasteiger partial charge on any atom is -0.497 e. The highest BCUT2D eigenvalue weighted by Crippen LogP contribution is 2.27. The van der Waals surface area contributed by atoms with E-state index >= 15 is 0 Å². The standard InChI is InChI=1S/C16H28N2O/c1-12(17)15(18(5)11-16(2,3)4)13-7-9-14(19-6)10-8-13/h7-10,12,15H,11,17H2,1-6H3. The minimum absolute atomic E-state index is 0.0840. The van der Waals surface area contributed by atoms with E-state index in [1.165, 1.54) is 5.56 Å². The lowest BCUT2D eigenvalue weighted by Crippen LogP contribution is -2.41. The Labute approximate surface area is 117 Å². The fourth-order valence-electron chi connectivity index (χ4n) is 2.61. The van der Waals surface area contributed by atoms with E-state index in [0.29, 0.717) is 0 Å². The maximum Gasteiger partial charge on any atom is 0.118 e. The number of ether oxygens (including phenoxy) is 1. The van der Waals surface area contributed by atoms with E-state index in [9.17, 15) is 0 Å². The quantitative estimate of drug-likeness (QED) is 0.888. The van der Waals surface area contributed by atoms with Gasteiger partial charge in [0.15, 0.2) is 0 Å². The molecule has 19 heavy (non-hydrogen) atoms. The van der Waals surface area contributed by atoms with Crippen molar-refractivity contribution in [3.05, 3.63) is 29.8 Å². The number of likely N-dealkylation sites (N-methyl/N-ethyl adjacent to an activating group) is 1. The van der Waals surface area contributed by atoms with Gasteiger partial charge in [-0.05, 0) is 37.1 Å². The molecule has 0 amide bonds. The van der Waals surface area contributed by atoms with Crippen molar-refractivity contribution in [2.75, 3.05) is 20.7 Å². The van der Waals surface area contributed by atoms with Crippen LogP contribution in [0, 0.1) is 5.41 Å². The van der Waals surface area contributed by atoms with E-state index in [1.54, 1.807) is 7.11 Å². The van der Waals surface area contributed by atoms with E-state index in [-0.39, 0.29) is 17.5 Å². The van der Waals surface area contributed by atoms with Crippen LogP contribution in [0.15, 0.2) is 24.3 Å². The molecule has 0 fully saturated rings. The molecule has 0 saturated heterocycles. The van der Waals surface area contributed by atoms with E-state index in [4.69, 9.17) is 10.5 Å². The van der Waals surface area contributed by atoms with Gasteiger partial charge in [0, 0.05) is 18.6 Å². The summed E-state index contributed by atoms with van der Waals surface area (Å²) in [5.74, 6) is 0.880. The van der Waals surface area contributed by atoms with E-state index in [1.807, 2.05) is 12.1 Å². The van der Waals surface area contributed by atoms with Crippen LogP contribution in [0.4, 0.5) is 0 Å². The molecule has 108 valence electrons. The van der Waals surface area contributed by atoms with Gasteiger partial charge in [-0.3, -0.25) is 4.90 Å². The highest BCUT2D eigenvalue weighted by molar-refractivity contribution is 5.29. The molecule has 0 radical (unpaired) electrons. The molecule has 0 aliphatic heterocycles. The lowest BCUT2D eigenvalue weighted by molar-refractivity contribution is 0.156. The largest absolute Gasteiger partial charge is 0.497 e. The van der Waals surface area contributed by atoms with Gasteiger partial charge in [-0.25, -0.2) is 0 Å². The number of hydrogen-bond donors (Lipinski definition) is 1. The molecule has 0 heterocycles. The van der Waals surface area contributed by atoms with Crippen molar-refractivity contribution in [2.45, 2.75) is 39.8 Å². The molecule has 2 N–H and O–H groups in total. The average molecular weight is 264 g/mol. The summed E-state index contributed by atoms with van der Waals surface area (Å²) in [7, 11) is 3.83. The van der Waals surface area contributed by atoms with Gasteiger partial charge in [0.2, 0.25) is 0 Å². The first-order valence-electron chi connectivity index (χ1n) is 6.84. The normalized spacial score (nSPS) is 15.4. The fraction of sp³-hybridized carbons (Fsp3) is 0.625. The second-order valence-electron chi connectivity index (χ2n) is 6.55. The van der Waals surface area contributed by atoms with Crippen molar-refractivity contribution in [3.63, 3.8) is 0 Å². The Morgan fingerprint density at radius 2 is 1.74 bits per heavy atom. The molecule has 0 aromatic heterocycles. The number of hydrogen-bond acceptors (Lipinski definition) is 3. The van der Waals surface area contributed by atoms with Crippen LogP contribution in [0.25, 0.3) is 0 Å². The summed E-state index contributed by atoms with van der Waals surface area (Å²) in [5.41, 5.74) is 7.68. The van der Waals surface area contributed by atoms with Gasteiger partial charge < -0.3 is 10.5 Å². The first kappa shape index (κ1) is 16.0. The average Bonchev–Trinajstić information content (AvgIpc) is 2.27. The molecule has 1 rings (SSSR count). The summed E-state index contributed by atoms with van der Waals surface area (Å²) in [6.07, 6.45) is 0. The number of nitrogens with zero attached hydrogens (tertiary/aromatic N) is 1. The van der Waals surface area contributed by atoms with Gasteiger partial charge in [-0.2, -0.15) is 0 Å². The van der Waals surface area contributed by atoms with Crippen molar-refractivity contribution in [3.8, 4) is 5.75 Å². The van der Waals surface area contributed by atoms with Crippen molar-refractivity contribution >= 4 is 0 Å². The highest BCUT2D eigenvalue weighted by Gasteiger charge is 2.24. The Morgan fingerprint density at radius 3 is 2.11 bits per heavy atom. The molecule has 3 nitrogen and oxygen atoms in total. The fourth-order valence-corrected chi connectivity index (χ4v) is 2.61. The van der Waals surface area contributed by atoms with Gasteiger partial charge in [0.05, 0.1) is 7.11 Å². The van der Waals surface area contributed by atoms with Gasteiger partial charge in [-0.15, -0.1) is 0 Å². The molecule has 0 aliphatic rings. The molecule has 2 unspecified atom stereocenters. The number of rotatable bonds is 5. The van der Waals surface area contributed by atoms with Crippen LogP contribution < -0.4 is 10.5 Å². The molecule has 2 atom stereocenters. The third-order valence-electron chi connectivity index (χ3n) is 3.15. The van der Waals surface area contributed by atoms with E-state index < -0.39 is 0 Å². The summed E-state index contributed by atoms with van der Waals surface area (Å²) in [6.45, 7) is 9.81. The lowest BCUT2D eigenvalue weighted by Gasteiger charge is -2.35. The van der Waals surface area contributed by atoms with E-state index in [0.717, 1.165) is 12.3 Å².